The molecule has 1 atom stereocenters. The number of hydrogen-bond donors (Lipinski definition) is 0. The van der Waals surface area contributed by atoms with Gasteiger partial charge in [0.2, 0.25) is 11.8 Å². The third-order valence-corrected chi connectivity index (χ3v) is 6.53. The fourth-order valence-corrected chi connectivity index (χ4v) is 4.77. The third kappa shape index (κ3) is 5.31. The Labute approximate surface area is 203 Å². The van der Waals surface area contributed by atoms with Gasteiger partial charge in [0.1, 0.15) is 17.3 Å². The van der Waals surface area contributed by atoms with Gasteiger partial charge in [0.25, 0.3) is 5.91 Å². The van der Waals surface area contributed by atoms with Gasteiger partial charge in [0.05, 0.1) is 0 Å². The van der Waals surface area contributed by atoms with Gasteiger partial charge in [-0.1, -0.05) is 12.1 Å². The molecule has 3 aromatic rings. The van der Waals surface area contributed by atoms with Crippen LogP contribution in [0.25, 0.3) is 0 Å². The van der Waals surface area contributed by atoms with Crippen molar-refractivity contribution in [3.63, 3.8) is 0 Å². The van der Waals surface area contributed by atoms with Gasteiger partial charge in [0.15, 0.2) is 0 Å². The number of nitrogens with zero attached hydrogens (tertiary/aromatic N) is 4. The van der Waals surface area contributed by atoms with Crippen LogP contribution in [0.5, 0.6) is 11.6 Å². The van der Waals surface area contributed by atoms with Crippen molar-refractivity contribution < 1.29 is 18.7 Å². The van der Waals surface area contributed by atoms with E-state index in [1.807, 2.05) is 34.1 Å². The average Bonchev–Trinajstić information content (AvgIpc) is 3.29. The van der Waals surface area contributed by atoms with E-state index in [1.54, 1.807) is 24.5 Å². The highest BCUT2D eigenvalue weighted by molar-refractivity contribution is 5.94. The molecule has 2 amide bonds. The second kappa shape index (κ2) is 10.2. The summed E-state index contributed by atoms with van der Waals surface area (Å²) in [6, 6.07) is 13.3. The Morgan fingerprint density at radius 3 is 2.69 bits per heavy atom. The minimum Gasteiger partial charge on any atom is -0.437 e. The van der Waals surface area contributed by atoms with Gasteiger partial charge in [0, 0.05) is 56.5 Å². The molecule has 2 saturated heterocycles. The molecule has 0 aliphatic carbocycles. The van der Waals surface area contributed by atoms with E-state index in [0.29, 0.717) is 48.9 Å². The Kier molecular flexibility index (Phi) is 6.70. The molecule has 7 nitrogen and oxygen atoms in total. The molecule has 2 aromatic carbocycles. The van der Waals surface area contributed by atoms with Crippen molar-refractivity contribution >= 4 is 11.8 Å². The topological polar surface area (TPSA) is 75.6 Å². The van der Waals surface area contributed by atoms with Gasteiger partial charge in [-0.05, 0) is 61.2 Å². The number of rotatable bonds is 6. The number of amides is 2. The van der Waals surface area contributed by atoms with E-state index in [9.17, 15) is 14.0 Å². The lowest BCUT2D eigenvalue weighted by Gasteiger charge is -2.33. The lowest BCUT2D eigenvalue weighted by Crippen LogP contribution is -2.39. The van der Waals surface area contributed by atoms with Crippen molar-refractivity contribution in [1.82, 2.24) is 19.8 Å². The van der Waals surface area contributed by atoms with Crippen LogP contribution < -0.4 is 4.74 Å². The summed E-state index contributed by atoms with van der Waals surface area (Å²) in [5.74, 6) is 0.620. The zero-order valence-corrected chi connectivity index (χ0v) is 19.4. The monoisotopic (exact) mass is 474 g/mol. The molecule has 180 valence electrons. The molecule has 2 aliphatic heterocycles. The van der Waals surface area contributed by atoms with E-state index in [-0.39, 0.29) is 23.5 Å². The molecule has 1 aromatic heterocycles. The first-order valence-electron chi connectivity index (χ1n) is 12.0. The van der Waals surface area contributed by atoms with Crippen molar-refractivity contribution in [1.29, 1.82) is 0 Å². The summed E-state index contributed by atoms with van der Waals surface area (Å²) in [6.07, 6.45) is 6.37. The molecule has 0 saturated carbocycles. The maximum absolute atomic E-state index is 13.4. The highest BCUT2D eigenvalue weighted by Gasteiger charge is 2.29. The van der Waals surface area contributed by atoms with E-state index in [1.165, 1.54) is 12.1 Å². The van der Waals surface area contributed by atoms with E-state index in [4.69, 9.17) is 4.74 Å². The highest BCUT2D eigenvalue weighted by atomic mass is 19.1. The number of halogens is 1. The largest absolute Gasteiger partial charge is 0.437 e. The maximum atomic E-state index is 13.4. The molecule has 3 heterocycles. The molecular weight excluding hydrogens is 447 g/mol. The Morgan fingerprint density at radius 1 is 1.06 bits per heavy atom. The lowest BCUT2D eigenvalue weighted by atomic mass is 9.94. The number of aromatic nitrogens is 2. The Hall–Kier alpha value is -3.81. The van der Waals surface area contributed by atoms with Crippen LogP contribution in [0, 0.1) is 5.82 Å². The minimum absolute atomic E-state index is 0.0257. The van der Waals surface area contributed by atoms with Gasteiger partial charge >= 0.3 is 0 Å². The van der Waals surface area contributed by atoms with Crippen molar-refractivity contribution in [3.8, 4) is 11.6 Å². The molecule has 2 fully saturated rings. The summed E-state index contributed by atoms with van der Waals surface area (Å²) < 4.78 is 19.2. The van der Waals surface area contributed by atoms with Crippen LogP contribution in [-0.4, -0.2) is 51.2 Å². The fraction of sp³-hybridized carbons (Fsp3) is 0.333. The van der Waals surface area contributed by atoms with Gasteiger partial charge < -0.3 is 14.5 Å². The predicted molar refractivity (Wildman–Crippen MR) is 127 cm³/mol. The number of ether oxygens (including phenoxy) is 1. The number of piperidine rings is 1. The standard InChI is InChI=1S/C27H27FN4O3/c28-22-8-10-23(11-9-22)35-26-25(29-12-13-30-26)21-6-2-15-32(18-21)27(34)20-5-1-4-19(16-20)17-31-14-3-7-24(31)33/h1,4-5,8-13,16,21H,2-3,6-7,14-15,17-18H2/t21-/m1/s1. The molecule has 0 radical (unpaired) electrons. The smallest absolute Gasteiger partial charge is 0.253 e. The van der Waals surface area contributed by atoms with Crippen LogP contribution in [-0.2, 0) is 11.3 Å². The van der Waals surface area contributed by atoms with Crippen LogP contribution >= 0.6 is 0 Å². The van der Waals surface area contributed by atoms with Crippen LogP contribution in [0.1, 0.15) is 53.2 Å². The van der Waals surface area contributed by atoms with E-state index < -0.39 is 0 Å². The maximum Gasteiger partial charge on any atom is 0.253 e. The molecule has 0 N–H and O–H groups in total. The van der Waals surface area contributed by atoms with Gasteiger partial charge in [-0.25, -0.2) is 9.37 Å². The molecule has 0 spiro atoms. The number of carbonyl (C=O) groups is 2. The van der Waals surface area contributed by atoms with Crippen LogP contribution in [0.3, 0.4) is 0 Å². The van der Waals surface area contributed by atoms with Gasteiger partial charge in [-0.15, -0.1) is 0 Å². The fourth-order valence-electron chi connectivity index (χ4n) is 4.77. The minimum atomic E-state index is -0.339. The Bertz CT molecular complexity index is 1220. The first-order valence-corrected chi connectivity index (χ1v) is 12.0. The van der Waals surface area contributed by atoms with Crippen molar-refractivity contribution in [2.75, 3.05) is 19.6 Å². The predicted octanol–water partition coefficient (Wildman–Crippen LogP) is 4.55. The molecule has 35 heavy (non-hydrogen) atoms. The summed E-state index contributed by atoms with van der Waals surface area (Å²) in [7, 11) is 0. The van der Waals surface area contributed by atoms with Gasteiger partial charge in [-0.2, -0.15) is 0 Å². The Balaban J connectivity index is 1.30. The average molecular weight is 475 g/mol. The molecule has 8 heteroatoms. The first kappa shape index (κ1) is 23.0. The third-order valence-electron chi connectivity index (χ3n) is 6.53. The quantitative estimate of drug-likeness (QED) is 0.524. The van der Waals surface area contributed by atoms with Crippen molar-refractivity contribution in [2.24, 2.45) is 0 Å². The summed E-state index contributed by atoms with van der Waals surface area (Å²) >= 11 is 0. The van der Waals surface area contributed by atoms with Crippen molar-refractivity contribution in [2.45, 2.75) is 38.1 Å². The second-order valence-corrected chi connectivity index (χ2v) is 9.01. The first-order chi connectivity index (χ1) is 17.1. The SMILES string of the molecule is O=C1CCCN1Cc1cccc(C(=O)N2CCC[C@@H](c3nccnc3Oc3ccc(F)cc3)C2)c1. The van der Waals surface area contributed by atoms with E-state index in [2.05, 4.69) is 9.97 Å². The molecular formula is C27H27FN4O3. The zero-order valence-electron chi connectivity index (χ0n) is 19.4. The highest BCUT2D eigenvalue weighted by Crippen LogP contribution is 2.33. The number of benzene rings is 2. The normalized spacial score (nSPS) is 18.1. The summed E-state index contributed by atoms with van der Waals surface area (Å²) in [6.45, 7) is 2.47. The van der Waals surface area contributed by atoms with E-state index in [0.717, 1.165) is 31.4 Å². The number of carbonyl (C=O) groups excluding carboxylic acids is 2. The van der Waals surface area contributed by atoms with Crippen LogP contribution in [0.15, 0.2) is 60.9 Å². The lowest BCUT2D eigenvalue weighted by molar-refractivity contribution is -0.128. The number of hydrogen-bond acceptors (Lipinski definition) is 5. The summed E-state index contributed by atoms with van der Waals surface area (Å²) in [5, 5.41) is 0. The van der Waals surface area contributed by atoms with Gasteiger partial charge in [-0.3, -0.25) is 14.6 Å². The van der Waals surface area contributed by atoms with Crippen LogP contribution in [0.2, 0.25) is 0 Å². The molecule has 2 aliphatic rings. The zero-order chi connectivity index (χ0) is 24.2. The Morgan fingerprint density at radius 2 is 1.89 bits per heavy atom. The van der Waals surface area contributed by atoms with Crippen molar-refractivity contribution in [3.05, 3.63) is 83.6 Å². The van der Waals surface area contributed by atoms with E-state index >= 15 is 0 Å². The molecule has 5 rings (SSSR count). The second-order valence-electron chi connectivity index (χ2n) is 9.01. The van der Waals surface area contributed by atoms with Crippen LogP contribution in [0.4, 0.5) is 4.39 Å². The molecule has 0 bridgehead atoms. The molecule has 0 unspecified atom stereocenters. The number of likely N-dealkylation sites (tertiary alicyclic amines) is 2. The summed E-state index contributed by atoms with van der Waals surface area (Å²) in [4.78, 5) is 37.9. The summed E-state index contributed by atoms with van der Waals surface area (Å²) in [5.41, 5.74) is 2.27.